The molecule has 1 aliphatic heterocycles. The van der Waals surface area contributed by atoms with Gasteiger partial charge in [0.2, 0.25) is 0 Å². The second-order valence-corrected chi connectivity index (χ2v) is 7.82. The monoisotopic (exact) mass is 292 g/mol. The molecule has 0 N–H and O–H groups in total. The van der Waals surface area contributed by atoms with Gasteiger partial charge in [-0.15, -0.1) is 0 Å². The Bertz CT molecular complexity index is 631. The van der Waals surface area contributed by atoms with Crippen molar-refractivity contribution in [1.29, 1.82) is 0 Å². The van der Waals surface area contributed by atoms with E-state index in [2.05, 4.69) is 87.5 Å². The fraction of sp³-hybridized carbons (Fsp3) is 0.250. The molecule has 0 saturated heterocycles. The molecule has 0 bridgehead atoms. The van der Waals surface area contributed by atoms with Crippen molar-refractivity contribution in [3.8, 4) is 0 Å². The summed E-state index contributed by atoms with van der Waals surface area (Å²) in [5.74, 6) is 0. The van der Waals surface area contributed by atoms with Gasteiger partial charge in [-0.3, -0.25) is 0 Å². The molecule has 106 valence electrons. The fourth-order valence-electron chi connectivity index (χ4n) is 2.62. The molecule has 2 aromatic carbocycles. The summed E-state index contributed by atoms with van der Waals surface area (Å²) in [6, 6.07) is 21.4. The van der Waals surface area contributed by atoms with E-state index in [-0.39, 0.29) is 0 Å². The molecule has 1 atom stereocenters. The molecule has 2 aromatic rings. The van der Waals surface area contributed by atoms with Gasteiger partial charge in [-0.2, -0.15) is 0 Å². The number of allylic oxidation sites excluding steroid dienone is 1. The predicted molar refractivity (Wildman–Crippen MR) is 95.1 cm³/mol. The first-order valence-electron chi connectivity index (χ1n) is 7.46. The fourth-order valence-corrected chi connectivity index (χ4v) is 3.92. The minimum atomic E-state index is 0.321. The largest absolute Gasteiger partial charge is 0.0910 e. The molecular weight excluding hydrogens is 271 g/mol. The highest BCUT2D eigenvalue weighted by Crippen LogP contribution is 2.44. The first-order chi connectivity index (χ1) is 10.1. The second-order valence-electron chi connectivity index (χ2n) is 6.52. The van der Waals surface area contributed by atoms with E-state index in [1.807, 2.05) is 0 Å². The van der Waals surface area contributed by atoms with Crippen molar-refractivity contribution >= 4 is 19.1 Å². The molecule has 0 aromatic heterocycles. The Labute approximate surface area is 129 Å². The van der Waals surface area contributed by atoms with Gasteiger partial charge in [-0.1, -0.05) is 95.7 Å². The Kier molecular flexibility index (Phi) is 3.83. The Balaban J connectivity index is 1.96. The van der Waals surface area contributed by atoms with Gasteiger partial charge < -0.3 is 0 Å². The van der Waals surface area contributed by atoms with Crippen LogP contribution in [0.15, 0.2) is 66.7 Å². The van der Waals surface area contributed by atoms with Gasteiger partial charge in [0.15, 0.2) is 0 Å². The average Bonchev–Trinajstić information content (AvgIpc) is 3.26. The van der Waals surface area contributed by atoms with Crippen LogP contribution in [0.2, 0.25) is 0 Å². The zero-order chi connectivity index (χ0) is 14.9. The maximum Gasteiger partial charge on any atom is 0.0455 e. The summed E-state index contributed by atoms with van der Waals surface area (Å²) in [6.45, 7) is 6.94. The van der Waals surface area contributed by atoms with Crippen molar-refractivity contribution < 1.29 is 0 Å². The molecule has 0 radical (unpaired) electrons. The third-order valence-corrected chi connectivity index (χ3v) is 5.39. The molecule has 0 spiro atoms. The lowest BCUT2D eigenvalue weighted by molar-refractivity contribution is 0.599. The maximum absolute atomic E-state index is 2.45. The summed E-state index contributed by atoms with van der Waals surface area (Å²) < 4.78 is 0. The molecule has 1 heteroatoms. The summed E-state index contributed by atoms with van der Waals surface area (Å²) in [5, 5.41) is 1.65. The third kappa shape index (κ3) is 3.34. The summed E-state index contributed by atoms with van der Waals surface area (Å²) in [5.41, 5.74) is 4.90. The number of benzene rings is 2. The van der Waals surface area contributed by atoms with E-state index >= 15 is 0 Å². The maximum atomic E-state index is 2.45. The standard InChI is InChI=1S/C20H21P/c1-20(2,3)19-18(21-19)14-17(15-10-6-4-7-11-15)16-12-8-5-9-13-16/h4-14,18H,1-3H3. The highest BCUT2D eigenvalue weighted by atomic mass is 31.1. The topological polar surface area (TPSA) is 0 Å². The Morgan fingerprint density at radius 3 is 1.71 bits per heavy atom. The zero-order valence-electron chi connectivity index (χ0n) is 12.9. The molecule has 0 nitrogen and oxygen atoms in total. The van der Waals surface area contributed by atoms with Gasteiger partial charge >= 0.3 is 0 Å². The molecule has 0 amide bonds. The van der Waals surface area contributed by atoms with Crippen molar-refractivity contribution in [2.75, 3.05) is 0 Å². The van der Waals surface area contributed by atoms with Crippen LogP contribution in [0.25, 0.3) is 5.57 Å². The molecule has 0 saturated carbocycles. The molecule has 0 fully saturated rings. The number of hydrogen-bond acceptors (Lipinski definition) is 0. The van der Waals surface area contributed by atoms with Gasteiger partial charge in [-0.25, -0.2) is 0 Å². The van der Waals surface area contributed by atoms with E-state index in [4.69, 9.17) is 0 Å². The van der Waals surface area contributed by atoms with Gasteiger partial charge in [0.1, 0.15) is 0 Å². The van der Waals surface area contributed by atoms with Crippen molar-refractivity contribution in [3.05, 3.63) is 77.9 Å². The lowest BCUT2D eigenvalue weighted by Crippen LogP contribution is -2.15. The minimum Gasteiger partial charge on any atom is -0.0910 e. The van der Waals surface area contributed by atoms with Crippen molar-refractivity contribution in [2.45, 2.75) is 26.4 Å². The molecular formula is C20H21P. The van der Waals surface area contributed by atoms with Crippen LogP contribution >= 0.6 is 8.20 Å². The Hall–Kier alpha value is -1.65. The van der Waals surface area contributed by atoms with Crippen LogP contribution in [-0.2, 0) is 0 Å². The molecule has 21 heavy (non-hydrogen) atoms. The van der Waals surface area contributed by atoms with Crippen LogP contribution in [0.1, 0.15) is 31.9 Å². The lowest BCUT2D eigenvalue weighted by atomic mass is 9.89. The predicted octanol–water partition coefficient (Wildman–Crippen LogP) is 5.67. The Morgan fingerprint density at radius 1 is 0.857 bits per heavy atom. The smallest absolute Gasteiger partial charge is 0.0455 e. The summed E-state index contributed by atoms with van der Waals surface area (Å²) in [7, 11) is 1.50. The minimum absolute atomic E-state index is 0.321. The van der Waals surface area contributed by atoms with E-state index in [0.717, 1.165) is 0 Å². The first kappa shape index (κ1) is 14.3. The highest BCUT2D eigenvalue weighted by molar-refractivity contribution is 7.55. The number of hydrogen-bond donors (Lipinski definition) is 0. The molecule has 3 rings (SSSR count). The lowest BCUT2D eigenvalue weighted by Gasteiger charge is -2.15. The van der Waals surface area contributed by atoms with Crippen LogP contribution in [0.3, 0.4) is 0 Å². The van der Waals surface area contributed by atoms with E-state index in [0.29, 0.717) is 11.1 Å². The first-order valence-corrected chi connectivity index (χ1v) is 8.43. The van der Waals surface area contributed by atoms with Crippen molar-refractivity contribution in [3.63, 3.8) is 0 Å². The van der Waals surface area contributed by atoms with Gasteiger partial charge in [0, 0.05) is 5.66 Å². The number of rotatable bonds is 3. The van der Waals surface area contributed by atoms with Crippen LogP contribution in [0, 0.1) is 5.41 Å². The van der Waals surface area contributed by atoms with E-state index < -0.39 is 0 Å². The van der Waals surface area contributed by atoms with Crippen LogP contribution in [-0.4, -0.2) is 11.0 Å². The molecule has 1 heterocycles. The molecule has 1 unspecified atom stereocenters. The van der Waals surface area contributed by atoms with E-state index in [9.17, 15) is 0 Å². The highest BCUT2D eigenvalue weighted by Gasteiger charge is 2.34. The summed E-state index contributed by atoms with van der Waals surface area (Å²) in [6.07, 6.45) is 2.45. The van der Waals surface area contributed by atoms with Crippen molar-refractivity contribution in [2.24, 2.45) is 5.41 Å². The van der Waals surface area contributed by atoms with E-state index in [1.54, 1.807) is 5.29 Å². The average molecular weight is 292 g/mol. The second kappa shape index (κ2) is 5.62. The molecule has 1 aliphatic rings. The Morgan fingerprint density at radius 2 is 1.33 bits per heavy atom. The quantitative estimate of drug-likeness (QED) is 0.640. The van der Waals surface area contributed by atoms with Crippen LogP contribution in [0.4, 0.5) is 0 Å². The zero-order valence-corrected chi connectivity index (χ0v) is 13.8. The normalized spacial score (nSPS) is 17.9. The van der Waals surface area contributed by atoms with Crippen LogP contribution < -0.4 is 0 Å². The van der Waals surface area contributed by atoms with Gasteiger partial charge in [-0.05, 0) is 27.4 Å². The summed E-state index contributed by atoms with van der Waals surface area (Å²) >= 11 is 0. The van der Waals surface area contributed by atoms with Crippen molar-refractivity contribution in [1.82, 2.24) is 0 Å². The SMILES string of the molecule is CC(C)(C)C1=PC1C=C(c1ccccc1)c1ccccc1. The van der Waals surface area contributed by atoms with E-state index in [1.165, 1.54) is 24.9 Å². The molecule has 0 aliphatic carbocycles. The van der Waals surface area contributed by atoms with Gasteiger partial charge in [0.05, 0.1) is 0 Å². The third-order valence-electron chi connectivity index (χ3n) is 3.75. The summed E-state index contributed by atoms with van der Waals surface area (Å²) in [4.78, 5) is 0. The van der Waals surface area contributed by atoms with Gasteiger partial charge in [0.25, 0.3) is 0 Å². The van der Waals surface area contributed by atoms with Crippen LogP contribution in [0.5, 0.6) is 0 Å².